The molecule has 0 saturated heterocycles. The van der Waals surface area contributed by atoms with E-state index >= 15 is 0 Å². The first-order chi connectivity index (χ1) is 9.84. The maximum absolute atomic E-state index is 2.47. The first-order valence-electron chi connectivity index (χ1n) is 9.84. The molecule has 1 saturated carbocycles. The molecule has 1 rings (SSSR count). The zero-order chi connectivity index (χ0) is 16.8. The molecular weight excluding hydrogens is 252 g/mol. The van der Waals surface area contributed by atoms with E-state index in [-0.39, 0.29) is 0 Å². The van der Waals surface area contributed by atoms with Gasteiger partial charge in [-0.1, -0.05) is 101 Å². The summed E-state index contributed by atoms with van der Waals surface area (Å²) >= 11 is 0. The van der Waals surface area contributed by atoms with E-state index in [1.54, 1.807) is 0 Å². The highest BCUT2D eigenvalue weighted by Crippen LogP contribution is 2.31. The van der Waals surface area contributed by atoms with Crippen LogP contribution in [0.4, 0.5) is 0 Å². The molecule has 0 N–H and O–H groups in total. The number of hydrogen-bond acceptors (Lipinski definition) is 0. The predicted molar refractivity (Wildman–Crippen MR) is 101 cm³/mol. The van der Waals surface area contributed by atoms with E-state index < -0.39 is 0 Å². The zero-order valence-electron chi connectivity index (χ0n) is 16.8. The normalized spacial score (nSPS) is 31.1. The maximum atomic E-state index is 2.47. The highest BCUT2D eigenvalue weighted by atomic mass is 14.3. The Morgan fingerprint density at radius 2 is 1.10 bits per heavy atom. The second-order valence-electron chi connectivity index (χ2n) is 7.88. The minimum Gasteiger partial charge on any atom is -0.0683 e. The lowest BCUT2D eigenvalue weighted by molar-refractivity contribution is 0.228. The average molecular weight is 299 g/mol. The maximum Gasteiger partial charge on any atom is -0.0391 e. The average Bonchev–Trinajstić information content (AvgIpc) is 2.44. The molecule has 1 aliphatic carbocycles. The molecule has 4 atom stereocenters. The highest BCUT2D eigenvalue weighted by Gasteiger charge is 2.21. The van der Waals surface area contributed by atoms with Crippen molar-refractivity contribution in [2.24, 2.45) is 29.6 Å². The highest BCUT2D eigenvalue weighted by molar-refractivity contribution is 4.71. The van der Waals surface area contributed by atoms with E-state index in [2.05, 4.69) is 48.5 Å². The van der Waals surface area contributed by atoms with E-state index in [0.29, 0.717) is 0 Å². The molecule has 0 heterocycles. The van der Waals surface area contributed by atoms with Crippen molar-refractivity contribution >= 4 is 0 Å². The molecule has 1 aliphatic rings. The van der Waals surface area contributed by atoms with Crippen LogP contribution in [-0.4, -0.2) is 0 Å². The standard InChI is InChI=1S/C15H30.C4H10.C2H6/c1-12-9-7-5-6-8-10-13(2)15(4)14(3)11-12;1-4(2)3;1-2/h12-15H,5-11H2,1-4H3;4H,1-3H3;1-2H3. The van der Waals surface area contributed by atoms with Gasteiger partial charge in [0.1, 0.15) is 0 Å². The van der Waals surface area contributed by atoms with Gasteiger partial charge in [0, 0.05) is 0 Å². The first kappa shape index (κ1) is 23.3. The fraction of sp³-hybridized carbons (Fsp3) is 1.00. The third kappa shape index (κ3) is 14.7. The van der Waals surface area contributed by atoms with Gasteiger partial charge in [-0.3, -0.25) is 0 Å². The Balaban J connectivity index is 0. The molecule has 0 aromatic carbocycles. The lowest BCUT2D eigenvalue weighted by Crippen LogP contribution is -2.18. The van der Waals surface area contributed by atoms with Gasteiger partial charge in [0.2, 0.25) is 0 Å². The summed E-state index contributed by atoms with van der Waals surface area (Å²) in [6.07, 6.45) is 10.2. The summed E-state index contributed by atoms with van der Waals surface area (Å²) in [7, 11) is 0. The predicted octanol–water partition coefficient (Wildman–Crippen LogP) is 7.96. The quantitative estimate of drug-likeness (QED) is 0.425. The largest absolute Gasteiger partial charge is 0.0683 e. The van der Waals surface area contributed by atoms with E-state index in [0.717, 1.165) is 29.6 Å². The van der Waals surface area contributed by atoms with Crippen LogP contribution in [-0.2, 0) is 0 Å². The van der Waals surface area contributed by atoms with Gasteiger partial charge in [-0.15, -0.1) is 0 Å². The zero-order valence-corrected chi connectivity index (χ0v) is 16.8. The Morgan fingerprint density at radius 1 is 0.667 bits per heavy atom. The lowest BCUT2D eigenvalue weighted by Gasteiger charge is -2.27. The van der Waals surface area contributed by atoms with E-state index in [1.165, 1.54) is 44.9 Å². The smallest absolute Gasteiger partial charge is 0.0391 e. The van der Waals surface area contributed by atoms with Crippen LogP contribution in [0.5, 0.6) is 0 Å². The van der Waals surface area contributed by atoms with Gasteiger partial charge in [-0.25, -0.2) is 0 Å². The third-order valence-corrected chi connectivity index (χ3v) is 4.68. The minimum atomic E-state index is 0.833. The number of hydrogen-bond donors (Lipinski definition) is 0. The molecule has 0 spiro atoms. The molecule has 1 fully saturated rings. The molecule has 21 heavy (non-hydrogen) atoms. The van der Waals surface area contributed by atoms with Crippen LogP contribution in [0.3, 0.4) is 0 Å². The second kappa shape index (κ2) is 14.9. The lowest BCUT2D eigenvalue weighted by atomic mass is 9.78. The van der Waals surface area contributed by atoms with Crippen LogP contribution in [0.25, 0.3) is 0 Å². The van der Waals surface area contributed by atoms with Crippen LogP contribution in [0, 0.1) is 29.6 Å². The fourth-order valence-electron chi connectivity index (χ4n) is 3.10. The van der Waals surface area contributed by atoms with Crippen molar-refractivity contribution in [3.63, 3.8) is 0 Å². The van der Waals surface area contributed by atoms with Gasteiger partial charge in [-0.05, 0) is 36.0 Å². The van der Waals surface area contributed by atoms with Crippen LogP contribution < -0.4 is 0 Å². The first-order valence-corrected chi connectivity index (χ1v) is 9.84. The Bertz CT molecular complexity index is 191. The Kier molecular flexibility index (Phi) is 16.5. The summed E-state index contributed by atoms with van der Waals surface area (Å²) in [5.41, 5.74) is 0. The molecule has 130 valence electrons. The van der Waals surface area contributed by atoms with Crippen molar-refractivity contribution in [3.05, 3.63) is 0 Å². The fourth-order valence-corrected chi connectivity index (χ4v) is 3.10. The molecule has 0 radical (unpaired) electrons. The monoisotopic (exact) mass is 298 g/mol. The topological polar surface area (TPSA) is 0 Å². The van der Waals surface area contributed by atoms with E-state index in [9.17, 15) is 0 Å². The molecule has 4 unspecified atom stereocenters. The summed E-state index contributed by atoms with van der Waals surface area (Å²) in [5.74, 6) is 4.57. The van der Waals surface area contributed by atoms with Gasteiger partial charge >= 0.3 is 0 Å². The summed E-state index contributed by atoms with van der Waals surface area (Å²) < 4.78 is 0. The Morgan fingerprint density at radius 3 is 1.57 bits per heavy atom. The minimum absolute atomic E-state index is 0.833. The van der Waals surface area contributed by atoms with E-state index in [1.807, 2.05) is 13.8 Å². The second-order valence-corrected chi connectivity index (χ2v) is 7.88. The Hall–Kier alpha value is 0. The van der Waals surface area contributed by atoms with Crippen molar-refractivity contribution in [2.45, 2.75) is 107 Å². The van der Waals surface area contributed by atoms with E-state index in [4.69, 9.17) is 0 Å². The summed E-state index contributed by atoms with van der Waals surface area (Å²) in [6.45, 7) is 20.4. The molecule has 0 aromatic heterocycles. The van der Waals surface area contributed by atoms with Crippen LogP contribution in [0.2, 0.25) is 0 Å². The van der Waals surface area contributed by atoms with Crippen molar-refractivity contribution in [1.82, 2.24) is 0 Å². The molecule has 0 bridgehead atoms. The molecule has 0 aromatic rings. The molecule has 0 nitrogen and oxygen atoms in total. The van der Waals surface area contributed by atoms with Gasteiger partial charge in [0.25, 0.3) is 0 Å². The number of rotatable bonds is 0. The SMILES string of the molecule is CC.CC(C)C.CC1CCCCCCC(C)C(C)C(C)C1. The summed E-state index contributed by atoms with van der Waals surface area (Å²) in [4.78, 5) is 0. The molecular formula is C21H46. The van der Waals surface area contributed by atoms with Gasteiger partial charge < -0.3 is 0 Å². The van der Waals surface area contributed by atoms with Crippen molar-refractivity contribution in [2.75, 3.05) is 0 Å². The molecule has 0 aliphatic heterocycles. The van der Waals surface area contributed by atoms with Gasteiger partial charge in [0.05, 0.1) is 0 Å². The Labute approximate surface area is 137 Å². The molecule has 0 amide bonds. The van der Waals surface area contributed by atoms with Crippen molar-refractivity contribution in [1.29, 1.82) is 0 Å². The van der Waals surface area contributed by atoms with Crippen LogP contribution in [0.15, 0.2) is 0 Å². The van der Waals surface area contributed by atoms with Crippen LogP contribution in [0.1, 0.15) is 107 Å². The van der Waals surface area contributed by atoms with Crippen molar-refractivity contribution < 1.29 is 0 Å². The van der Waals surface area contributed by atoms with Crippen LogP contribution >= 0.6 is 0 Å². The van der Waals surface area contributed by atoms with Gasteiger partial charge in [-0.2, -0.15) is 0 Å². The van der Waals surface area contributed by atoms with Crippen molar-refractivity contribution in [3.8, 4) is 0 Å². The molecule has 0 heteroatoms. The third-order valence-electron chi connectivity index (χ3n) is 4.68. The summed E-state index contributed by atoms with van der Waals surface area (Å²) in [5, 5.41) is 0. The van der Waals surface area contributed by atoms with Gasteiger partial charge in [0.15, 0.2) is 0 Å². The summed E-state index contributed by atoms with van der Waals surface area (Å²) in [6, 6.07) is 0.